The largest absolute Gasteiger partial charge is 0.338 e. The van der Waals surface area contributed by atoms with Crippen molar-refractivity contribution < 1.29 is 4.79 Å². The summed E-state index contributed by atoms with van der Waals surface area (Å²) in [7, 11) is 0. The summed E-state index contributed by atoms with van der Waals surface area (Å²) in [5.74, 6) is 0.717. The predicted octanol–water partition coefficient (Wildman–Crippen LogP) is 3.34. The molecule has 3 heteroatoms. The van der Waals surface area contributed by atoms with E-state index >= 15 is 0 Å². The van der Waals surface area contributed by atoms with Crippen molar-refractivity contribution >= 4 is 5.91 Å². The van der Waals surface area contributed by atoms with Gasteiger partial charge in [0.15, 0.2) is 0 Å². The Hall–Kier alpha value is -0.570. The summed E-state index contributed by atoms with van der Waals surface area (Å²) in [6, 6.07) is 0.852. The molecule has 1 saturated carbocycles. The SMILES string of the molecule is CC(C)N(CC1CCCN1)C(=O)C1CCCCCCC1. The summed E-state index contributed by atoms with van der Waals surface area (Å²) in [5, 5.41) is 3.53. The fourth-order valence-corrected chi connectivity index (χ4v) is 3.64. The van der Waals surface area contributed by atoms with Gasteiger partial charge in [-0.1, -0.05) is 32.1 Å². The smallest absolute Gasteiger partial charge is 0.225 e. The number of hydrogen-bond donors (Lipinski definition) is 1. The van der Waals surface area contributed by atoms with Crippen LogP contribution in [0, 0.1) is 5.92 Å². The minimum Gasteiger partial charge on any atom is -0.338 e. The molecule has 0 radical (unpaired) electrons. The molecule has 2 fully saturated rings. The van der Waals surface area contributed by atoms with E-state index in [2.05, 4.69) is 24.1 Å². The maximum absolute atomic E-state index is 12.9. The van der Waals surface area contributed by atoms with Gasteiger partial charge in [0.05, 0.1) is 0 Å². The Bertz CT molecular complexity index is 289. The molecular weight excluding hydrogens is 248 g/mol. The molecule has 20 heavy (non-hydrogen) atoms. The first-order valence-electron chi connectivity index (χ1n) is 8.72. The monoisotopic (exact) mass is 280 g/mol. The summed E-state index contributed by atoms with van der Waals surface area (Å²) in [5.41, 5.74) is 0. The van der Waals surface area contributed by atoms with Crippen molar-refractivity contribution in [1.29, 1.82) is 0 Å². The molecule has 1 saturated heterocycles. The Morgan fingerprint density at radius 1 is 1.05 bits per heavy atom. The normalized spacial score (nSPS) is 25.4. The van der Waals surface area contributed by atoms with Crippen LogP contribution in [0.2, 0.25) is 0 Å². The van der Waals surface area contributed by atoms with Crippen molar-refractivity contribution in [2.75, 3.05) is 13.1 Å². The minimum absolute atomic E-state index is 0.291. The zero-order valence-corrected chi connectivity index (χ0v) is 13.4. The predicted molar refractivity (Wildman–Crippen MR) is 83.7 cm³/mol. The fourth-order valence-electron chi connectivity index (χ4n) is 3.64. The summed E-state index contributed by atoms with van der Waals surface area (Å²) in [4.78, 5) is 15.0. The second-order valence-corrected chi connectivity index (χ2v) is 6.92. The van der Waals surface area contributed by atoms with E-state index < -0.39 is 0 Å². The minimum atomic E-state index is 0.291. The van der Waals surface area contributed by atoms with Gasteiger partial charge in [0.2, 0.25) is 5.91 Å². The molecule has 3 nitrogen and oxygen atoms in total. The van der Waals surface area contributed by atoms with Crippen LogP contribution in [0.3, 0.4) is 0 Å². The molecule has 1 heterocycles. The molecule has 0 aromatic rings. The van der Waals surface area contributed by atoms with Gasteiger partial charge in [-0.2, -0.15) is 0 Å². The number of nitrogens with zero attached hydrogens (tertiary/aromatic N) is 1. The van der Waals surface area contributed by atoms with Gasteiger partial charge >= 0.3 is 0 Å². The molecule has 1 aliphatic heterocycles. The summed E-state index contributed by atoms with van der Waals surface area (Å²) in [6.45, 7) is 6.35. The van der Waals surface area contributed by atoms with Crippen molar-refractivity contribution in [3.05, 3.63) is 0 Å². The number of nitrogens with one attached hydrogen (secondary N) is 1. The molecule has 0 bridgehead atoms. The highest BCUT2D eigenvalue weighted by Crippen LogP contribution is 2.25. The lowest BCUT2D eigenvalue weighted by Gasteiger charge is -2.33. The highest BCUT2D eigenvalue weighted by atomic mass is 16.2. The molecule has 1 atom stereocenters. The third kappa shape index (κ3) is 4.47. The van der Waals surface area contributed by atoms with Crippen molar-refractivity contribution in [3.8, 4) is 0 Å². The Labute approximate surface area is 124 Å². The number of amides is 1. The maximum atomic E-state index is 12.9. The van der Waals surface area contributed by atoms with Crippen molar-refractivity contribution in [3.63, 3.8) is 0 Å². The van der Waals surface area contributed by atoms with Gasteiger partial charge in [-0.3, -0.25) is 4.79 Å². The molecular formula is C17H32N2O. The standard InChI is InChI=1S/C17H32N2O/c1-14(2)19(13-16-11-8-12-18-16)17(20)15-9-6-4-3-5-7-10-15/h14-16,18H,3-13H2,1-2H3. The van der Waals surface area contributed by atoms with Crippen LogP contribution < -0.4 is 5.32 Å². The summed E-state index contributed by atoms with van der Waals surface area (Å²) in [6.07, 6.45) is 11.2. The number of hydrogen-bond acceptors (Lipinski definition) is 2. The van der Waals surface area contributed by atoms with Gasteiger partial charge in [0, 0.05) is 24.5 Å². The lowest BCUT2D eigenvalue weighted by molar-refractivity contribution is -0.138. The first kappa shape index (κ1) is 15.8. The van der Waals surface area contributed by atoms with Gasteiger partial charge in [0.1, 0.15) is 0 Å². The van der Waals surface area contributed by atoms with Crippen LogP contribution >= 0.6 is 0 Å². The summed E-state index contributed by atoms with van der Waals surface area (Å²) < 4.78 is 0. The van der Waals surface area contributed by atoms with Gasteiger partial charge in [-0.25, -0.2) is 0 Å². The Balaban J connectivity index is 1.93. The molecule has 2 aliphatic rings. The average Bonchev–Trinajstić information content (AvgIpc) is 2.87. The third-order valence-corrected chi connectivity index (χ3v) is 4.94. The van der Waals surface area contributed by atoms with Crippen molar-refractivity contribution in [2.45, 2.75) is 83.7 Å². The van der Waals surface area contributed by atoms with Gasteiger partial charge in [0.25, 0.3) is 0 Å². The molecule has 1 amide bonds. The number of carbonyl (C=O) groups is 1. The molecule has 1 unspecified atom stereocenters. The summed E-state index contributed by atoms with van der Waals surface area (Å²) >= 11 is 0. The van der Waals surface area contributed by atoms with E-state index in [1.165, 1.54) is 44.9 Å². The van der Waals surface area contributed by atoms with Crippen molar-refractivity contribution in [1.82, 2.24) is 10.2 Å². The second-order valence-electron chi connectivity index (χ2n) is 6.92. The molecule has 0 aromatic heterocycles. The highest BCUT2D eigenvalue weighted by Gasteiger charge is 2.28. The van der Waals surface area contributed by atoms with Crippen LogP contribution in [0.4, 0.5) is 0 Å². The zero-order valence-electron chi connectivity index (χ0n) is 13.4. The fraction of sp³-hybridized carbons (Fsp3) is 0.941. The molecule has 116 valence electrons. The molecule has 0 spiro atoms. The van der Waals surface area contributed by atoms with Crippen LogP contribution in [0.25, 0.3) is 0 Å². The Morgan fingerprint density at radius 2 is 1.70 bits per heavy atom. The quantitative estimate of drug-likeness (QED) is 0.856. The molecule has 1 N–H and O–H groups in total. The number of carbonyl (C=O) groups excluding carboxylic acids is 1. The third-order valence-electron chi connectivity index (χ3n) is 4.94. The van der Waals surface area contributed by atoms with E-state index in [9.17, 15) is 4.79 Å². The van der Waals surface area contributed by atoms with E-state index in [-0.39, 0.29) is 0 Å². The van der Waals surface area contributed by atoms with Crippen LogP contribution in [-0.4, -0.2) is 36.0 Å². The van der Waals surface area contributed by atoms with E-state index in [1.807, 2.05) is 0 Å². The van der Waals surface area contributed by atoms with Gasteiger partial charge in [-0.05, 0) is 46.1 Å². The lowest BCUT2D eigenvalue weighted by Crippen LogP contribution is -2.47. The number of rotatable bonds is 4. The lowest BCUT2D eigenvalue weighted by atomic mass is 9.89. The topological polar surface area (TPSA) is 32.3 Å². The first-order valence-corrected chi connectivity index (χ1v) is 8.72. The van der Waals surface area contributed by atoms with Gasteiger partial charge in [-0.15, -0.1) is 0 Å². The van der Waals surface area contributed by atoms with E-state index in [4.69, 9.17) is 0 Å². The Morgan fingerprint density at radius 3 is 2.25 bits per heavy atom. The highest BCUT2D eigenvalue weighted by molar-refractivity contribution is 5.79. The van der Waals surface area contributed by atoms with Crippen LogP contribution in [0.15, 0.2) is 0 Å². The average molecular weight is 280 g/mol. The second kappa shape index (κ2) is 8.02. The zero-order chi connectivity index (χ0) is 14.4. The molecule has 2 rings (SSSR count). The van der Waals surface area contributed by atoms with Crippen molar-refractivity contribution in [2.24, 2.45) is 5.92 Å². The maximum Gasteiger partial charge on any atom is 0.225 e. The van der Waals surface area contributed by atoms with Crippen LogP contribution in [0.1, 0.15) is 71.6 Å². The van der Waals surface area contributed by atoms with E-state index in [0.29, 0.717) is 23.9 Å². The first-order chi connectivity index (χ1) is 9.68. The van der Waals surface area contributed by atoms with Crippen LogP contribution in [0.5, 0.6) is 0 Å². The molecule has 1 aliphatic carbocycles. The Kier molecular flexibility index (Phi) is 6.34. The van der Waals surface area contributed by atoms with E-state index in [1.54, 1.807) is 0 Å². The van der Waals surface area contributed by atoms with Gasteiger partial charge < -0.3 is 10.2 Å². The molecule has 0 aromatic carbocycles. The van der Waals surface area contributed by atoms with E-state index in [0.717, 1.165) is 25.9 Å². The van der Waals surface area contributed by atoms with Crippen LogP contribution in [-0.2, 0) is 4.79 Å².